The average molecular weight is 435 g/mol. The Morgan fingerprint density at radius 1 is 0.545 bits per heavy atom. The van der Waals surface area contributed by atoms with Crippen LogP contribution in [0, 0.1) is 0 Å². The standard InChI is InChI=1S/C29H30N4/c1-29(22-6-14-26(32)15-7-22,23-8-16-27(33)17-9-23)19-18-28(20-2-10-24(30)11-3-20)21-4-12-25(31)13-5-21/h2-18H,19,30-33H2,1H3. The molecular weight excluding hydrogens is 404 g/mol. The van der Waals surface area contributed by atoms with Crippen LogP contribution in [0.2, 0.25) is 0 Å². The minimum absolute atomic E-state index is 0.283. The first-order valence-corrected chi connectivity index (χ1v) is 11.0. The lowest BCUT2D eigenvalue weighted by molar-refractivity contribution is 0.581. The second-order valence-corrected chi connectivity index (χ2v) is 8.64. The van der Waals surface area contributed by atoms with Gasteiger partial charge in [-0.1, -0.05) is 61.5 Å². The molecule has 4 heteroatoms. The summed E-state index contributed by atoms with van der Waals surface area (Å²) in [4.78, 5) is 0. The van der Waals surface area contributed by atoms with Crippen molar-refractivity contribution in [3.8, 4) is 0 Å². The second-order valence-electron chi connectivity index (χ2n) is 8.64. The van der Waals surface area contributed by atoms with Gasteiger partial charge in [0.1, 0.15) is 0 Å². The zero-order valence-electron chi connectivity index (χ0n) is 18.8. The van der Waals surface area contributed by atoms with Crippen LogP contribution < -0.4 is 22.9 Å². The van der Waals surface area contributed by atoms with Gasteiger partial charge in [-0.25, -0.2) is 0 Å². The topological polar surface area (TPSA) is 104 Å². The summed E-state index contributed by atoms with van der Waals surface area (Å²) in [6, 6.07) is 32.2. The van der Waals surface area contributed by atoms with Crippen molar-refractivity contribution in [1.29, 1.82) is 0 Å². The van der Waals surface area contributed by atoms with E-state index in [0.717, 1.165) is 45.9 Å². The maximum absolute atomic E-state index is 5.98. The van der Waals surface area contributed by atoms with Crippen LogP contribution in [0.1, 0.15) is 35.6 Å². The Morgan fingerprint density at radius 2 is 0.848 bits per heavy atom. The molecular formula is C29H30N4. The van der Waals surface area contributed by atoms with Crippen LogP contribution in [-0.4, -0.2) is 0 Å². The Bertz CT molecular complexity index is 1140. The summed E-state index contributed by atoms with van der Waals surface area (Å²) in [7, 11) is 0. The molecule has 0 amide bonds. The van der Waals surface area contributed by atoms with Gasteiger partial charge in [-0.3, -0.25) is 0 Å². The number of hydrogen-bond donors (Lipinski definition) is 4. The molecule has 0 unspecified atom stereocenters. The van der Waals surface area contributed by atoms with E-state index in [2.05, 4.69) is 61.5 Å². The number of benzene rings is 4. The van der Waals surface area contributed by atoms with Crippen molar-refractivity contribution in [2.24, 2.45) is 0 Å². The second kappa shape index (κ2) is 9.13. The quantitative estimate of drug-likeness (QED) is 0.286. The smallest absolute Gasteiger partial charge is 0.0314 e. The fourth-order valence-electron chi connectivity index (χ4n) is 4.14. The molecule has 0 spiro atoms. The summed E-state index contributed by atoms with van der Waals surface area (Å²) in [5.41, 5.74) is 32.3. The summed E-state index contributed by atoms with van der Waals surface area (Å²) >= 11 is 0. The molecule has 8 N–H and O–H groups in total. The molecule has 4 nitrogen and oxygen atoms in total. The van der Waals surface area contributed by atoms with Crippen molar-refractivity contribution in [2.45, 2.75) is 18.8 Å². The van der Waals surface area contributed by atoms with E-state index in [1.165, 1.54) is 11.1 Å². The number of nitrogens with two attached hydrogens (primary N) is 4. The van der Waals surface area contributed by atoms with Gasteiger partial charge in [0.15, 0.2) is 0 Å². The van der Waals surface area contributed by atoms with Crippen LogP contribution >= 0.6 is 0 Å². The molecule has 0 bridgehead atoms. The molecule has 0 heterocycles. The number of rotatable bonds is 6. The number of anilines is 4. The first-order chi connectivity index (χ1) is 15.8. The number of hydrogen-bond acceptors (Lipinski definition) is 4. The SMILES string of the molecule is CC(CC=C(c1ccc(N)cc1)c1ccc(N)cc1)(c1ccc(N)cc1)c1ccc(N)cc1. The monoisotopic (exact) mass is 434 g/mol. The summed E-state index contributed by atoms with van der Waals surface area (Å²) in [5, 5.41) is 0. The first kappa shape index (κ1) is 22.0. The largest absolute Gasteiger partial charge is 0.399 e. The molecule has 0 saturated carbocycles. The van der Waals surface area contributed by atoms with Crippen molar-refractivity contribution >= 4 is 28.3 Å². The minimum atomic E-state index is -0.283. The molecule has 0 fully saturated rings. The van der Waals surface area contributed by atoms with Gasteiger partial charge >= 0.3 is 0 Å². The van der Waals surface area contributed by atoms with Gasteiger partial charge in [0.2, 0.25) is 0 Å². The molecule has 0 saturated heterocycles. The third kappa shape index (κ3) is 4.85. The van der Waals surface area contributed by atoms with Gasteiger partial charge in [-0.2, -0.15) is 0 Å². The Kier molecular flexibility index (Phi) is 6.09. The summed E-state index contributed by atoms with van der Waals surface area (Å²) in [5.74, 6) is 0. The number of allylic oxidation sites excluding steroid dienone is 1. The Morgan fingerprint density at radius 3 is 1.18 bits per heavy atom. The maximum Gasteiger partial charge on any atom is 0.0314 e. The van der Waals surface area contributed by atoms with E-state index in [1.807, 2.05) is 48.5 Å². The predicted octanol–water partition coefficient (Wildman–Crippen LogP) is 5.84. The van der Waals surface area contributed by atoms with Gasteiger partial charge in [0.25, 0.3) is 0 Å². The van der Waals surface area contributed by atoms with Crippen molar-refractivity contribution < 1.29 is 0 Å². The predicted molar refractivity (Wildman–Crippen MR) is 142 cm³/mol. The molecule has 33 heavy (non-hydrogen) atoms. The van der Waals surface area contributed by atoms with E-state index in [1.54, 1.807) is 0 Å². The highest BCUT2D eigenvalue weighted by atomic mass is 14.6. The van der Waals surface area contributed by atoms with E-state index in [4.69, 9.17) is 22.9 Å². The Hall–Kier alpha value is -4.18. The van der Waals surface area contributed by atoms with Crippen molar-refractivity contribution in [2.75, 3.05) is 22.9 Å². The maximum atomic E-state index is 5.98. The minimum Gasteiger partial charge on any atom is -0.399 e. The zero-order valence-corrected chi connectivity index (χ0v) is 18.8. The van der Waals surface area contributed by atoms with Crippen LogP contribution in [0.15, 0.2) is 103 Å². The first-order valence-electron chi connectivity index (χ1n) is 11.0. The normalized spacial score (nSPS) is 11.2. The van der Waals surface area contributed by atoms with Crippen molar-refractivity contribution in [1.82, 2.24) is 0 Å². The summed E-state index contributed by atoms with van der Waals surface area (Å²) < 4.78 is 0. The molecule has 0 aliphatic carbocycles. The Balaban J connectivity index is 1.83. The molecule has 0 atom stereocenters. The lowest BCUT2D eigenvalue weighted by Gasteiger charge is -2.31. The van der Waals surface area contributed by atoms with E-state index in [0.29, 0.717) is 0 Å². The Labute approximate surface area is 195 Å². The van der Waals surface area contributed by atoms with Gasteiger partial charge in [0.05, 0.1) is 0 Å². The number of nitrogen functional groups attached to an aromatic ring is 4. The highest BCUT2D eigenvalue weighted by Gasteiger charge is 2.28. The average Bonchev–Trinajstić information content (AvgIpc) is 2.82. The highest BCUT2D eigenvalue weighted by molar-refractivity contribution is 5.81. The van der Waals surface area contributed by atoms with Crippen LogP contribution in [0.3, 0.4) is 0 Å². The van der Waals surface area contributed by atoms with Gasteiger partial charge in [-0.05, 0) is 82.8 Å². The molecule has 4 aromatic carbocycles. The van der Waals surface area contributed by atoms with E-state index < -0.39 is 0 Å². The van der Waals surface area contributed by atoms with Crippen LogP contribution in [0.25, 0.3) is 5.57 Å². The molecule has 0 aliphatic rings. The van der Waals surface area contributed by atoms with E-state index in [9.17, 15) is 0 Å². The lowest BCUT2D eigenvalue weighted by Crippen LogP contribution is -2.23. The van der Waals surface area contributed by atoms with Crippen LogP contribution in [0.5, 0.6) is 0 Å². The van der Waals surface area contributed by atoms with Crippen LogP contribution in [-0.2, 0) is 5.41 Å². The molecule has 0 aliphatic heterocycles. The molecule has 4 aromatic rings. The van der Waals surface area contributed by atoms with E-state index >= 15 is 0 Å². The van der Waals surface area contributed by atoms with Crippen molar-refractivity contribution in [3.63, 3.8) is 0 Å². The molecule has 0 radical (unpaired) electrons. The molecule has 166 valence electrons. The third-order valence-electron chi connectivity index (χ3n) is 6.25. The highest BCUT2D eigenvalue weighted by Crippen LogP contribution is 2.38. The molecule has 4 rings (SSSR count). The fraction of sp³-hybridized carbons (Fsp3) is 0.103. The zero-order chi connectivity index (χ0) is 23.4. The molecule has 0 aromatic heterocycles. The summed E-state index contributed by atoms with van der Waals surface area (Å²) in [6.07, 6.45) is 3.06. The van der Waals surface area contributed by atoms with Gasteiger partial charge in [-0.15, -0.1) is 0 Å². The summed E-state index contributed by atoms with van der Waals surface area (Å²) in [6.45, 7) is 2.25. The van der Waals surface area contributed by atoms with Crippen molar-refractivity contribution in [3.05, 3.63) is 125 Å². The third-order valence-corrected chi connectivity index (χ3v) is 6.25. The van der Waals surface area contributed by atoms with Crippen LogP contribution in [0.4, 0.5) is 22.7 Å². The van der Waals surface area contributed by atoms with Gasteiger partial charge < -0.3 is 22.9 Å². The van der Waals surface area contributed by atoms with Gasteiger partial charge in [0, 0.05) is 28.2 Å². The fourth-order valence-corrected chi connectivity index (χ4v) is 4.14. The van der Waals surface area contributed by atoms with E-state index in [-0.39, 0.29) is 5.41 Å². The lowest BCUT2D eigenvalue weighted by atomic mass is 9.73.